The van der Waals surface area contributed by atoms with E-state index in [1.165, 1.54) is 9.09 Å². The molecule has 0 radical (unpaired) electrons. The molecule has 0 aromatic carbocycles. The van der Waals surface area contributed by atoms with Gasteiger partial charge >= 0.3 is 72.8 Å². The summed E-state index contributed by atoms with van der Waals surface area (Å²) >= 11 is 1.73. The van der Waals surface area contributed by atoms with Gasteiger partial charge in [0.1, 0.15) is 0 Å². The summed E-state index contributed by atoms with van der Waals surface area (Å²) in [5, 5.41) is 6.89. The SMILES string of the molecule is C1=CC[C]([Ni][C]2=CC=CC2)=C1.O=CO. The van der Waals surface area contributed by atoms with Crippen LogP contribution in [-0.4, -0.2) is 11.6 Å². The van der Waals surface area contributed by atoms with Crippen molar-refractivity contribution in [3.63, 3.8) is 0 Å². The number of carbonyl (C=O) groups is 1. The Bertz CT molecular complexity index is 283. The van der Waals surface area contributed by atoms with Crippen molar-refractivity contribution in [1.82, 2.24) is 0 Å². The summed E-state index contributed by atoms with van der Waals surface area (Å²) in [6, 6.07) is 0. The first-order chi connectivity index (χ1) is 6.86. The van der Waals surface area contributed by atoms with E-state index >= 15 is 0 Å². The van der Waals surface area contributed by atoms with Gasteiger partial charge in [-0.15, -0.1) is 0 Å². The molecule has 0 spiro atoms. The van der Waals surface area contributed by atoms with Crippen molar-refractivity contribution in [2.45, 2.75) is 12.8 Å². The van der Waals surface area contributed by atoms with Crippen LogP contribution in [0.1, 0.15) is 12.8 Å². The normalized spacial score (nSPS) is 17.4. The first-order valence-corrected chi connectivity index (χ1v) is 5.23. The number of hydrogen-bond acceptors (Lipinski definition) is 1. The molecule has 0 saturated carbocycles. The van der Waals surface area contributed by atoms with Crippen LogP contribution in [0.5, 0.6) is 0 Å². The molecule has 0 atom stereocenters. The van der Waals surface area contributed by atoms with Crippen LogP contribution in [-0.2, 0) is 19.2 Å². The first-order valence-electron chi connectivity index (χ1n) is 4.24. The monoisotopic (exact) mass is 234 g/mol. The third-order valence-electron chi connectivity index (χ3n) is 1.61. The number of allylic oxidation sites excluding steroid dienone is 8. The summed E-state index contributed by atoms with van der Waals surface area (Å²) in [5.41, 5.74) is 0. The molecule has 78 valence electrons. The maximum Gasteiger partial charge on any atom is 0.290 e. The van der Waals surface area contributed by atoms with Gasteiger partial charge in [-0.1, -0.05) is 0 Å². The van der Waals surface area contributed by atoms with Gasteiger partial charge in [-0.05, 0) is 0 Å². The van der Waals surface area contributed by atoms with Gasteiger partial charge in [0, 0.05) is 0 Å². The van der Waals surface area contributed by atoms with Crippen molar-refractivity contribution < 1.29 is 24.3 Å². The Morgan fingerprint density at radius 1 is 1.14 bits per heavy atom. The molecule has 0 amide bonds. The molecule has 3 heteroatoms. The van der Waals surface area contributed by atoms with Gasteiger partial charge in [0.25, 0.3) is 6.47 Å². The van der Waals surface area contributed by atoms with Crippen molar-refractivity contribution in [2.24, 2.45) is 0 Å². The topological polar surface area (TPSA) is 37.3 Å². The minimum absolute atomic E-state index is 0.250. The van der Waals surface area contributed by atoms with E-state index in [1.54, 1.807) is 14.4 Å². The predicted octanol–water partition coefficient (Wildman–Crippen LogP) is 2.46. The molecular formula is C11H12NiO2. The number of rotatable bonds is 2. The zero-order valence-electron chi connectivity index (χ0n) is 7.63. The molecule has 2 nitrogen and oxygen atoms in total. The second-order valence-electron chi connectivity index (χ2n) is 2.60. The van der Waals surface area contributed by atoms with Crippen molar-refractivity contribution in [3.8, 4) is 0 Å². The Morgan fingerprint density at radius 3 is 1.86 bits per heavy atom. The molecule has 0 aromatic rings. The Hall–Kier alpha value is -1.08. The van der Waals surface area contributed by atoms with Gasteiger partial charge < -0.3 is 5.11 Å². The summed E-state index contributed by atoms with van der Waals surface area (Å²) < 4.78 is 2.99. The van der Waals surface area contributed by atoms with E-state index in [1.807, 2.05) is 0 Å². The molecule has 0 unspecified atom stereocenters. The van der Waals surface area contributed by atoms with Gasteiger partial charge in [-0.25, -0.2) is 0 Å². The van der Waals surface area contributed by atoms with E-state index in [4.69, 9.17) is 9.90 Å². The quantitative estimate of drug-likeness (QED) is 0.589. The third-order valence-corrected chi connectivity index (χ3v) is 2.98. The van der Waals surface area contributed by atoms with Gasteiger partial charge in [0.15, 0.2) is 0 Å². The molecule has 14 heavy (non-hydrogen) atoms. The fourth-order valence-electron chi connectivity index (χ4n) is 1.06. The van der Waals surface area contributed by atoms with Gasteiger partial charge in [-0.3, -0.25) is 4.79 Å². The zero-order valence-corrected chi connectivity index (χ0v) is 8.61. The van der Waals surface area contributed by atoms with E-state index in [-0.39, 0.29) is 6.47 Å². The van der Waals surface area contributed by atoms with Crippen molar-refractivity contribution in [3.05, 3.63) is 45.5 Å². The Labute approximate surface area is 89.5 Å². The van der Waals surface area contributed by atoms with Crippen LogP contribution in [0.15, 0.2) is 45.5 Å². The molecule has 0 bridgehead atoms. The number of carboxylic acid groups (broad SMARTS) is 1. The van der Waals surface area contributed by atoms with Gasteiger partial charge in [-0.2, -0.15) is 0 Å². The van der Waals surface area contributed by atoms with Crippen molar-refractivity contribution in [2.75, 3.05) is 0 Å². The maximum absolute atomic E-state index is 8.36. The Balaban J connectivity index is 0.000000293. The Kier molecular flexibility index (Phi) is 5.02. The van der Waals surface area contributed by atoms with Crippen LogP contribution in [0.3, 0.4) is 0 Å². The second-order valence-corrected chi connectivity index (χ2v) is 4.11. The summed E-state index contributed by atoms with van der Waals surface area (Å²) in [6.07, 6.45) is 15.4. The van der Waals surface area contributed by atoms with Crippen molar-refractivity contribution >= 4 is 6.47 Å². The van der Waals surface area contributed by atoms with E-state index < -0.39 is 0 Å². The van der Waals surface area contributed by atoms with Crippen LogP contribution in [0, 0.1) is 0 Å². The molecule has 1 N–H and O–H groups in total. The van der Waals surface area contributed by atoms with Gasteiger partial charge in [0.2, 0.25) is 0 Å². The minimum Gasteiger partial charge on any atom is -0.483 e. The largest absolute Gasteiger partial charge is 0.483 e. The zero-order chi connectivity index (χ0) is 10.2. The standard InChI is InChI=1S/2C5H5.CH2O2.Ni/c2*1-2-4-5-3-1;2-1-3;/h2*1-3H,4H2;1H,(H,2,3);. The number of hydrogen-bond donors (Lipinski definition) is 1. The van der Waals surface area contributed by atoms with E-state index in [2.05, 4.69) is 36.5 Å². The summed E-state index contributed by atoms with van der Waals surface area (Å²) in [5.74, 6) is 0. The van der Waals surface area contributed by atoms with Crippen molar-refractivity contribution in [1.29, 1.82) is 0 Å². The fourth-order valence-corrected chi connectivity index (χ4v) is 2.26. The molecule has 2 aliphatic rings. The van der Waals surface area contributed by atoms with Crippen LogP contribution in [0.25, 0.3) is 0 Å². The van der Waals surface area contributed by atoms with Gasteiger partial charge in [0.05, 0.1) is 0 Å². The molecule has 2 aliphatic carbocycles. The van der Waals surface area contributed by atoms with Crippen LogP contribution in [0.4, 0.5) is 0 Å². The third kappa shape index (κ3) is 3.76. The molecule has 2 rings (SSSR count). The second kappa shape index (κ2) is 6.39. The average molecular weight is 235 g/mol. The maximum atomic E-state index is 8.36. The molecule has 0 aliphatic heterocycles. The van der Waals surface area contributed by atoms with Crippen LogP contribution >= 0.6 is 0 Å². The summed E-state index contributed by atoms with van der Waals surface area (Å²) in [4.78, 5) is 8.36. The average Bonchev–Trinajstić information content (AvgIpc) is 2.79. The van der Waals surface area contributed by atoms with E-state index in [0.717, 1.165) is 12.8 Å². The fraction of sp³-hybridized carbons (Fsp3) is 0.182. The molecule has 0 saturated heterocycles. The van der Waals surface area contributed by atoms with Crippen LogP contribution < -0.4 is 0 Å². The minimum atomic E-state index is -0.250. The van der Waals surface area contributed by atoms with Crippen LogP contribution in [0.2, 0.25) is 0 Å². The predicted molar refractivity (Wildman–Crippen MR) is 52.4 cm³/mol. The smallest absolute Gasteiger partial charge is 0.290 e. The van der Waals surface area contributed by atoms with E-state index in [9.17, 15) is 0 Å². The molecule has 0 fully saturated rings. The van der Waals surface area contributed by atoms with E-state index in [0.29, 0.717) is 0 Å². The Morgan fingerprint density at radius 2 is 1.57 bits per heavy atom. The summed E-state index contributed by atoms with van der Waals surface area (Å²) in [7, 11) is 0. The molecular weight excluding hydrogens is 223 g/mol. The summed E-state index contributed by atoms with van der Waals surface area (Å²) in [6.45, 7) is -0.250. The first kappa shape index (κ1) is 11.0. The molecule has 0 heterocycles. The molecule has 0 aromatic heterocycles.